The molecule has 0 saturated carbocycles. The van der Waals surface area contributed by atoms with Crippen molar-refractivity contribution in [3.63, 3.8) is 0 Å². The van der Waals surface area contributed by atoms with Crippen molar-refractivity contribution < 1.29 is 4.92 Å². The molecule has 0 bridgehead atoms. The Morgan fingerprint density at radius 3 is 2.94 bits per heavy atom. The van der Waals surface area contributed by atoms with Crippen LogP contribution < -0.4 is 5.32 Å². The molecule has 6 nitrogen and oxygen atoms in total. The van der Waals surface area contributed by atoms with Crippen LogP contribution in [0.1, 0.15) is 5.82 Å². The van der Waals surface area contributed by atoms with Crippen LogP contribution in [0.2, 0.25) is 5.02 Å². The number of nitrogens with zero attached hydrogens (tertiary/aromatic N) is 3. The lowest BCUT2D eigenvalue weighted by molar-refractivity contribution is -0.383. The van der Waals surface area contributed by atoms with Gasteiger partial charge in [0.25, 0.3) is 5.69 Å². The highest BCUT2D eigenvalue weighted by Gasteiger charge is 2.14. The van der Waals surface area contributed by atoms with Crippen LogP contribution in [0.25, 0.3) is 0 Å². The molecule has 0 aliphatic carbocycles. The first kappa shape index (κ1) is 12.4. The van der Waals surface area contributed by atoms with Crippen molar-refractivity contribution in [2.45, 2.75) is 6.54 Å². The van der Waals surface area contributed by atoms with Crippen LogP contribution in [-0.2, 0) is 13.6 Å². The van der Waals surface area contributed by atoms with Gasteiger partial charge in [0.2, 0.25) is 0 Å². The molecule has 0 atom stereocenters. The first-order valence-corrected chi connectivity index (χ1v) is 5.60. The molecule has 0 saturated heterocycles. The third-order valence-electron chi connectivity index (χ3n) is 2.51. The lowest BCUT2D eigenvalue weighted by atomic mass is 10.2. The van der Waals surface area contributed by atoms with Crippen LogP contribution in [0, 0.1) is 10.1 Å². The van der Waals surface area contributed by atoms with Gasteiger partial charge in [-0.05, 0) is 12.1 Å². The average molecular weight is 267 g/mol. The Balaban J connectivity index is 2.19. The van der Waals surface area contributed by atoms with Gasteiger partial charge in [0.1, 0.15) is 11.5 Å². The van der Waals surface area contributed by atoms with Gasteiger partial charge in [0.05, 0.1) is 11.5 Å². The van der Waals surface area contributed by atoms with Gasteiger partial charge in [-0.3, -0.25) is 10.1 Å². The minimum atomic E-state index is -0.466. The zero-order valence-electron chi connectivity index (χ0n) is 9.63. The standard InChI is InChI=1S/C11H11ClN4O2/c1-15-5-4-13-11(15)7-14-9-3-2-8(12)6-10(9)16(17)18/h2-6,14H,7H2,1H3. The van der Waals surface area contributed by atoms with Crippen LogP contribution in [0.15, 0.2) is 30.6 Å². The van der Waals surface area contributed by atoms with Gasteiger partial charge in [0, 0.05) is 30.5 Å². The van der Waals surface area contributed by atoms with Crippen LogP contribution in [-0.4, -0.2) is 14.5 Å². The first-order valence-electron chi connectivity index (χ1n) is 5.22. The number of aryl methyl sites for hydroxylation is 1. The molecule has 94 valence electrons. The van der Waals surface area contributed by atoms with Crippen molar-refractivity contribution in [1.29, 1.82) is 0 Å². The minimum absolute atomic E-state index is 0.0447. The fraction of sp³-hybridized carbons (Fsp3) is 0.182. The summed E-state index contributed by atoms with van der Waals surface area (Å²) in [6.45, 7) is 0.409. The largest absolute Gasteiger partial charge is 0.372 e. The maximum atomic E-state index is 10.9. The average Bonchev–Trinajstić information content (AvgIpc) is 2.73. The first-order chi connectivity index (χ1) is 8.58. The number of hydrogen-bond donors (Lipinski definition) is 1. The number of imidazole rings is 1. The quantitative estimate of drug-likeness (QED) is 0.682. The van der Waals surface area contributed by atoms with Crippen molar-refractivity contribution in [2.75, 3.05) is 5.32 Å². The lowest BCUT2D eigenvalue weighted by Gasteiger charge is -2.07. The smallest absolute Gasteiger partial charge is 0.293 e. The predicted octanol–water partition coefficient (Wildman–Crippen LogP) is 2.59. The summed E-state index contributed by atoms with van der Waals surface area (Å²) in [7, 11) is 1.86. The Bertz CT molecular complexity index is 582. The van der Waals surface area contributed by atoms with Gasteiger partial charge in [0.15, 0.2) is 0 Å². The zero-order valence-corrected chi connectivity index (χ0v) is 10.4. The van der Waals surface area contributed by atoms with Gasteiger partial charge in [-0.15, -0.1) is 0 Å². The van der Waals surface area contributed by atoms with Crippen molar-refractivity contribution in [3.8, 4) is 0 Å². The fourth-order valence-electron chi connectivity index (χ4n) is 1.55. The molecule has 2 rings (SSSR count). The van der Waals surface area contributed by atoms with E-state index < -0.39 is 4.92 Å². The molecule has 1 aromatic carbocycles. The van der Waals surface area contributed by atoms with Gasteiger partial charge in [-0.25, -0.2) is 4.98 Å². The van der Waals surface area contributed by atoms with E-state index in [4.69, 9.17) is 11.6 Å². The fourth-order valence-corrected chi connectivity index (χ4v) is 1.71. The molecular weight excluding hydrogens is 256 g/mol. The SMILES string of the molecule is Cn1ccnc1CNc1ccc(Cl)cc1[N+](=O)[O-]. The second-order valence-electron chi connectivity index (χ2n) is 3.73. The Hall–Kier alpha value is -2.08. The molecule has 1 heterocycles. The molecule has 0 fully saturated rings. The van der Waals surface area contributed by atoms with Crippen molar-refractivity contribution in [2.24, 2.45) is 7.05 Å². The topological polar surface area (TPSA) is 73.0 Å². The van der Waals surface area contributed by atoms with E-state index >= 15 is 0 Å². The summed E-state index contributed by atoms with van der Waals surface area (Å²) in [4.78, 5) is 14.6. The second-order valence-corrected chi connectivity index (χ2v) is 4.16. The highest BCUT2D eigenvalue weighted by Crippen LogP contribution is 2.27. The molecule has 2 aromatic rings. The third kappa shape index (κ3) is 2.60. The molecule has 0 unspecified atom stereocenters. The molecule has 0 aliphatic heterocycles. The van der Waals surface area contributed by atoms with E-state index in [2.05, 4.69) is 10.3 Å². The summed E-state index contributed by atoms with van der Waals surface area (Å²) < 4.78 is 1.84. The van der Waals surface area contributed by atoms with Crippen molar-refractivity contribution >= 4 is 23.0 Å². The van der Waals surface area contributed by atoms with Gasteiger partial charge in [-0.2, -0.15) is 0 Å². The van der Waals surface area contributed by atoms with Crippen LogP contribution in [0.3, 0.4) is 0 Å². The highest BCUT2D eigenvalue weighted by molar-refractivity contribution is 6.30. The zero-order chi connectivity index (χ0) is 13.1. The molecule has 0 aliphatic rings. The summed E-state index contributed by atoms with van der Waals surface area (Å²) >= 11 is 5.74. The van der Waals surface area contributed by atoms with E-state index in [0.29, 0.717) is 17.3 Å². The van der Waals surface area contributed by atoms with E-state index in [1.165, 1.54) is 6.07 Å². The number of nitro groups is 1. The number of hydrogen-bond acceptors (Lipinski definition) is 4. The van der Waals surface area contributed by atoms with Crippen LogP contribution in [0.4, 0.5) is 11.4 Å². The number of halogens is 1. The van der Waals surface area contributed by atoms with E-state index in [9.17, 15) is 10.1 Å². The highest BCUT2D eigenvalue weighted by atomic mass is 35.5. The molecule has 0 spiro atoms. The number of nitrogens with one attached hydrogen (secondary N) is 1. The van der Waals surface area contributed by atoms with Crippen molar-refractivity contribution in [3.05, 3.63) is 51.6 Å². The number of nitro benzene ring substituents is 1. The molecular formula is C11H11ClN4O2. The Morgan fingerprint density at radius 2 is 2.33 bits per heavy atom. The molecule has 1 aromatic heterocycles. The van der Waals surface area contributed by atoms with Crippen LogP contribution in [0.5, 0.6) is 0 Å². The molecule has 7 heteroatoms. The van der Waals surface area contributed by atoms with E-state index in [1.807, 2.05) is 17.8 Å². The molecule has 0 amide bonds. The molecule has 0 radical (unpaired) electrons. The Labute approximate surface area is 108 Å². The van der Waals surface area contributed by atoms with Gasteiger partial charge >= 0.3 is 0 Å². The predicted molar refractivity (Wildman–Crippen MR) is 68.6 cm³/mol. The summed E-state index contributed by atoms with van der Waals surface area (Å²) in [5.41, 5.74) is 0.379. The minimum Gasteiger partial charge on any atom is -0.372 e. The maximum Gasteiger partial charge on any atom is 0.293 e. The van der Waals surface area contributed by atoms with E-state index in [1.54, 1.807) is 18.3 Å². The summed E-state index contributed by atoms with van der Waals surface area (Å²) in [6, 6.07) is 4.51. The number of rotatable bonds is 4. The summed E-state index contributed by atoms with van der Waals surface area (Å²) in [5, 5.41) is 14.2. The second kappa shape index (κ2) is 5.05. The normalized spacial score (nSPS) is 10.3. The summed E-state index contributed by atoms with van der Waals surface area (Å²) in [6.07, 6.45) is 3.49. The maximum absolute atomic E-state index is 10.9. The number of benzene rings is 1. The third-order valence-corrected chi connectivity index (χ3v) is 2.75. The van der Waals surface area contributed by atoms with E-state index in [0.717, 1.165) is 5.82 Å². The number of aromatic nitrogens is 2. The van der Waals surface area contributed by atoms with Crippen LogP contribution >= 0.6 is 11.6 Å². The lowest BCUT2D eigenvalue weighted by Crippen LogP contribution is -2.07. The number of anilines is 1. The van der Waals surface area contributed by atoms with Gasteiger partial charge in [-0.1, -0.05) is 11.6 Å². The van der Waals surface area contributed by atoms with Crippen molar-refractivity contribution in [1.82, 2.24) is 9.55 Å². The Kier molecular flexibility index (Phi) is 3.47. The van der Waals surface area contributed by atoms with Gasteiger partial charge < -0.3 is 9.88 Å². The van der Waals surface area contributed by atoms with E-state index in [-0.39, 0.29) is 5.69 Å². The molecule has 18 heavy (non-hydrogen) atoms. The summed E-state index contributed by atoms with van der Waals surface area (Å²) in [5.74, 6) is 0.791. The monoisotopic (exact) mass is 266 g/mol. The molecule has 1 N–H and O–H groups in total. The Morgan fingerprint density at radius 1 is 1.56 bits per heavy atom.